The molecule has 0 aromatic heterocycles. The maximum atomic E-state index is 12.5. The third-order valence-electron chi connectivity index (χ3n) is 4.40. The van der Waals surface area contributed by atoms with Crippen LogP contribution in [0.1, 0.15) is 49.8 Å². The first-order valence-electron chi connectivity index (χ1n) is 8.28. The van der Waals surface area contributed by atoms with Gasteiger partial charge in [-0.05, 0) is 44.2 Å². The Morgan fingerprint density at radius 3 is 2.70 bits per heavy atom. The van der Waals surface area contributed by atoms with Gasteiger partial charge < -0.3 is 15.8 Å². The van der Waals surface area contributed by atoms with E-state index in [1.165, 1.54) is 0 Å². The van der Waals surface area contributed by atoms with E-state index in [-0.39, 0.29) is 36.3 Å². The summed E-state index contributed by atoms with van der Waals surface area (Å²) in [5, 5.41) is 3.03. The van der Waals surface area contributed by atoms with Gasteiger partial charge in [-0.25, -0.2) is 0 Å². The van der Waals surface area contributed by atoms with Crippen molar-refractivity contribution in [1.29, 1.82) is 0 Å². The largest absolute Gasteiger partial charge is 0.466 e. The van der Waals surface area contributed by atoms with Crippen LogP contribution < -0.4 is 11.1 Å². The van der Waals surface area contributed by atoms with E-state index >= 15 is 0 Å². The zero-order valence-electron chi connectivity index (χ0n) is 13.9. The van der Waals surface area contributed by atoms with Crippen LogP contribution in [0, 0.1) is 12.8 Å². The highest BCUT2D eigenvalue weighted by molar-refractivity contribution is 5.80. The number of nitrogens with two attached hydrogens (primary N) is 1. The molecule has 0 heterocycles. The maximum absolute atomic E-state index is 12.5. The predicted octanol–water partition coefficient (Wildman–Crippen LogP) is 2.23. The highest BCUT2D eigenvalue weighted by atomic mass is 16.5. The van der Waals surface area contributed by atoms with E-state index in [4.69, 9.17) is 10.5 Å². The monoisotopic (exact) mass is 318 g/mol. The molecule has 1 aromatic rings. The second kappa shape index (κ2) is 8.11. The van der Waals surface area contributed by atoms with Crippen molar-refractivity contribution in [2.75, 3.05) is 6.61 Å². The Morgan fingerprint density at radius 1 is 1.35 bits per heavy atom. The number of carbonyl (C=O) groups excluding carboxylic acids is 2. The number of ether oxygens (including phenoxy) is 1. The first kappa shape index (κ1) is 17.5. The molecule has 23 heavy (non-hydrogen) atoms. The zero-order valence-corrected chi connectivity index (χ0v) is 13.9. The molecule has 1 aliphatic rings. The molecule has 3 atom stereocenters. The van der Waals surface area contributed by atoms with Crippen LogP contribution in [0.3, 0.4) is 0 Å². The average molecular weight is 318 g/mol. The van der Waals surface area contributed by atoms with Crippen molar-refractivity contribution in [3.8, 4) is 0 Å². The summed E-state index contributed by atoms with van der Waals surface area (Å²) in [4.78, 5) is 24.4. The molecule has 1 aromatic carbocycles. The second-order valence-corrected chi connectivity index (χ2v) is 6.20. The summed E-state index contributed by atoms with van der Waals surface area (Å²) >= 11 is 0. The number of nitrogens with one attached hydrogen (secondary N) is 1. The molecule has 0 bridgehead atoms. The first-order chi connectivity index (χ1) is 11.0. The van der Waals surface area contributed by atoms with Gasteiger partial charge in [-0.2, -0.15) is 0 Å². The number of aryl methyl sites for hydroxylation is 1. The van der Waals surface area contributed by atoms with Crippen molar-refractivity contribution >= 4 is 11.9 Å². The highest BCUT2D eigenvalue weighted by Gasteiger charge is 2.30. The Balaban J connectivity index is 2.11. The van der Waals surface area contributed by atoms with Gasteiger partial charge in [-0.3, -0.25) is 9.59 Å². The lowest BCUT2D eigenvalue weighted by atomic mass is 9.97. The Morgan fingerprint density at radius 2 is 2.09 bits per heavy atom. The fraction of sp³-hybridized carbons (Fsp3) is 0.556. The van der Waals surface area contributed by atoms with E-state index in [1.807, 2.05) is 31.2 Å². The van der Waals surface area contributed by atoms with Gasteiger partial charge in [-0.15, -0.1) is 0 Å². The summed E-state index contributed by atoms with van der Waals surface area (Å²) in [7, 11) is 0. The van der Waals surface area contributed by atoms with E-state index < -0.39 is 0 Å². The Hall–Kier alpha value is -1.88. The van der Waals surface area contributed by atoms with Crippen LogP contribution in [0.25, 0.3) is 0 Å². The lowest BCUT2D eigenvalue weighted by molar-refractivity contribution is -0.143. The molecule has 1 fully saturated rings. The third-order valence-corrected chi connectivity index (χ3v) is 4.40. The summed E-state index contributed by atoms with van der Waals surface area (Å²) in [5.74, 6) is -0.376. The van der Waals surface area contributed by atoms with Gasteiger partial charge in [0.25, 0.3) is 0 Å². The third kappa shape index (κ3) is 4.79. The molecule has 1 saturated carbocycles. The minimum Gasteiger partial charge on any atom is -0.466 e. The molecule has 1 aliphatic carbocycles. The Kier molecular flexibility index (Phi) is 6.16. The Bertz CT molecular complexity index is 559. The molecule has 1 amide bonds. The Labute approximate surface area is 137 Å². The van der Waals surface area contributed by atoms with Gasteiger partial charge in [0, 0.05) is 12.0 Å². The SMILES string of the molecule is CCOC(=O)CC(NC(=O)C1CCC(N)C1)c1ccccc1C. The molecule has 0 saturated heterocycles. The zero-order chi connectivity index (χ0) is 16.8. The lowest BCUT2D eigenvalue weighted by Gasteiger charge is -2.22. The molecule has 0 spiro atoms. The van der Waals surface area contributed by atoms with Gasteiger partial charge in [0.2, 0.25) is 5.91 Å². The fourth-order valence-corrected chi connectivity index (χ4v) is 3.15. The van der Waals surface area contributed by atoms with Crippen LogP contribution in [0.2, 0.25) is 0 Å². The summed E-state index contributed by atoms with van der Waals surface area (Å²) in [5.41, 5.74) is 7.90. The molecule has 126 valence electrons. The minimum absolute atomic E-state index is 0.0181. The summed E-state index contributed by atoms with van der Waals surface area (Å²) in [6, 6.07) is 7.52. The molecular weight excluding hydrogens is 292 g/mol. The molecule has 3 unspecified atom stereocenters. The number of esters is 1. The van der Waals surface area contributed by atoms with Crippen molar-refractivity contribution in [2.24, 2.45) is 11.7 Å². The van der Waals surface area contributed by atoms with E-state index in [0.717, 1.165) is 24.0 Å². The number of carbonyl (C=O) groups is 2. The molecule has 5 nitrogen and oxygen atoms in total. The summed E-state index contributed by atoms with van der Waals surface area (Å²) in [6.45, 7) is 4.09. The van der Waals surface area contributed by atoms with Crippen molar-refractivity contribution in [1.82, 2.24) is 5.32 Å². The van der Waals surface area contributed by atoms with Crippen LogP contribution in [0.15, 0.2) is 24.3 Å². The number of amides is 1. The van der Waals surface area contributed by atoms with Crippen LogP contribution in [-0.2, 0) is 14.3 Å². The van der Waals surface area contributed by atoms with Crippen molar-refractivity contribution in [2.45, 2.75) is 51.6 Å². The first-order valence-corrected chi connectivity index (χ1v) is 8.28. The van der Waals surface area contributed by atoms with Crippen LogP contribution in [0.4, 0.5) is 0 Å². The van der Waals surface area contributed by atoms with Crippen LogP contribution in [0.5, 0.6) is 0 Å². The van der Waals surface area contributed by atoms with Crippen molar-refractivity contribution < 1.29 is 14.3 Å². The molecule has 3 N–H and O–H groups in total. The predicted molar refractivity (Wildman–Crippen MR) is 88.6 cm³/mol. The van der Waals surface area contributed by atoms with E-state index in [0.29, 0.717) is 13.0 Å². The fourth-order valence-electron chi connectivity index (χ4n) is 3.15. The topological polar surface area (TPSA) is 81.4 Å². The van der Waals surface area contributed by atoms with E-state index in [2.05, 4.69) is 5.32 Å². The number of rotatable bonds is 6. The van der Waals surface area contributed by atoms with Gasteiger partial charge >= 0.3 is 5.97 Å². The molecule has 2 rings (SSSR count). The van der Waals surface area contributed by atoms with Gasteiger partial charge in [0.1, 0.15) is 0 Å². The number of benzene rings is 1. The number of hydrogen-bond acceptors (Lipinski definition) is 4. The normalized spacial score (nSPS) is 21.7. The minimum atomic E-state index is -0.362. The van der Waals surface area contributed by atoms with Gasteiger partial charge in [0.05, 0.1) is 19.1 Å². The van der Waals surface area contributed by atoms with Gasteiger partial charge in [0.15, 0.2) is 0 Å². The second-order valence-electron chi connectivity index (χ2n) is 6.20. The van der Waals surface area contributed by atoms with E-state index in [9.17, 15) is 9.59 Å². The summed E-state index contributed by atoms with van der Waals surface area (Å²) in [6.07, 6.45) is 2.55. The quantitative estimate of drug-likeness (QED) is 0.788. The molecular formula is C18H26N2O3. The molecule has 0 aliphatic heterocycles. The van der Waals surface area contributed by atoms with E-state index in [1.54, 1.807) is 6.92 Å². The van der Waals surface area contributed by atoms with Crippen LogP contribution >= 0.6 is 0 Å². The summed E-state index contributed by atoms with van der Waals surface area (Å²) < 4.78 is 5.05. The van der Waals surface area contributed by atoms with Gasteiger partial charge in [-0.1, -0.05) is 24.3 Å². The number of hydrogen-bond donors (Lipinski definition) is 2. The lowest BCUT2D eigenvalue weighted by Crippen LogP contribution is -2.35. The maximum Gasteiger partial charge on any atom is 0.308 e. The van der Waals surface area contributed by atoms with Crippen LogP contribution in [-0.4, -0.2) is 24.5 Å². The molecule has 0 radical (unpaired) electrons. The smallest absolute Gasteiger partial charge is 0.308 e. The molecule has 5 heteroatoms. The average Bonchev–Trinajstić information content (AvgIpc) is 2.94. The highest BCUT2D eigenvalue weighted by Crippen LogP contribution is 2.27. The van der Waals surface area contributed by atoms with Crippen molar-refractivity contribution in [3.63, 3.8) is 0 Å². The van der Waals surface area contributed by atoms with Crippen molar-refractivity contribution in [3.05, 3.63) is 35.4 Å². The standard InChI is InChI=1S/C18H26N2O3/c1-3-23-17(21)11-16(15-7-5-4-6-12(15)2)20-18(22)13-8-9-14(19)10-13/h4-7,13-14,16H,3,8-11,19H2,1-2H3,(H,20,22).